The SMILES string of the molecule is CCc1ccc(OCC(=O)N(CC(C)C(=O)OC)C(C)C)cc1. The van der Waals surface area contributed by atoms with Crippen molar-refractivity contribution in [2.24, 2.45) is 5.92 Å². The predicted molar refractivity (Wildman–Crippen MR) is 89.3 cm³/mol. The number of rotatable bonds is 8. The van der Waals surface area contributed by atoms with Gasteiger partial charge in [0.15, 0.2) is 6.61 Å². The smallest absolute Gasteiger partial charge is 0.310 e. The van der Waals surface area contributed by atoms with Crippen LogP contribution < -0.4 is 4.74 Å². The summed E-state index contributed by atoms with van der Waals surface area (Å²) < 4.78 is 10.3. The lowest BCUT2D eigenvalue weighted by molar-refractivity contribution is -0.147. The molecule has 0 aromatic heterocycles. The highest BCUT2D eigenvalue weighted by atomic mass is 16.5. The summed E-state index contributed by atoms with van der Waals surface area (Å²) in [6, 6.07) is 7.69. The van der Waals surface area contributed by atoms with Gasteiger partial charge in [-0.25, -0.2) is 0 Å². The van der Waals surface area contributed by atoms with Gasteiger partial charge in [0.1, 0.15) is 5.75 Å². The maximum atomic E-state index is 12.4. The van der Waals surface area contributed by atoms with Crippen LogP contribution >= 0.6 is 0 Å². The zero-order chi connectivity index (χ0) is 17.4. The molecule has 0 saturated heterocycles. The van der Waals surface area contributed by atoms with E-state index in [0.29, 0.717) is 12.3 Å². The number of nitrogens with zero attached hydrogens (tertiary/aromatic N) is 1. The highest BCUT2D eigenvalue weighted by molar-refractivity contribution is 5.79. The van der Waals surface area contributed by atoms with Gasteiger partial charge >= 0.3 is 5.97 Å². The van der Waals surface area contributed by atoms with Gasteiger partial charge in [-0.05, 0) is 38.0 Å². The molecule has 1 atom stereocenters. The van der Waals surface area contributed by atoms with Crippen LogP contribution in [0.4, 0.5) is 0 Å². The second-order valence-corrected chi connectivity index (χ2v) is 5.85. The lowest BCUT2D eigenvalue weighted by atomic mass is 10.1. The van der Waals surface area contributed by atoms with Crippen LogP contribution in [0.5, 0.6) is 5.75 Å². The van der Waals surface area contributed by atoms with Crippen LogP contribution in [0.25, 0.3) is 0 Å². The molecule has 1 rings (SSSR count). The first kappa shape index (κ1) is 19.0. The molecule has 128 valence electrons. The van der Waals surface area contributed by atoms with Crippen LogP contribution in [-0.2, 0) is 20.7 Å². The Hall–Kier alpha value is -2.04. The number of aryl methyl sites for hydroxylation is 1. The molecule has 0 spiro atoms. The van der Waals surface area contributed by atoms with E-state index in [0.717, 1.165) is 6.42 Å². The molecule has 23 heavy (non-hydrogen) atoms. The highest BCUT2D eigenvalue weighted by Crippen LogP contribution is 2.13. The van der Waals surface area contributed by atoms with Gasteiger partial charge in [-0.3, -0.25) is 9.59 Å². The third kappa shape index (κ3) is 5.93. The normalized spacial score (nSPS) is 11.9. The van der Waals surface area contributed by atoms with Crippen molar-refractivity contribution in [3.8, 4) is 5.75 Å². The number of hydrogen-bond donors (Lipinski definition) is 0. The Morgan fingerprint density at radius 1 is 1.13 bits per heavy atom. The molecular weight excluding hydrogens is 294 g/mol. The number of hydrogen-bond acceptors (Lipinski definition) is 4. The van der Waals surface area contributed by atoms with Crippen LogP contribution in [0, 0.1) is 5.92 Å². The number of amides is 1. The molecule has 5 nitrogen and oxygen atoms in total. The molecule has 0 N–H and O–H groups in total. The van der Waals surface area contributed by atoms with E-state index in [1.54, 1.807) is 11.8 Å². The van der Waals surface area contributed by atoms with Gasteiger partial charge < -0.3 is 14.4 Å². The molecule has 1 amide bonds. The number of esters is 1. The van der Waals surface area contributed by atoms with Crippen LogP contribution in [0.15, 0.2) is 24.3 Å². The Morgan fingerprint density at radius 2 is 1.74 bits per heavy atom. The van der Waals surface area contributed by atoms with E-state index in [1.165, 1.54) is 12.7 Å². The van der Waals surface area contributed by atoms with Crippen molar-refractivity contribution < 1.29 is 19.1 Å². The average molecular weight is 321 g/mol. The fourth-order valence-corrected chi connectivity index (χ4v) is 2.22. The minimum absolute atomic E-state index is 0.0133. The van der Waals surface area contributed by atoms with E-state index in [4.69, 9.17) is 9.47 Å². The molecule has 0 heterocycles. The third-order valence-corrected chi connectivity index (χ3v) is 3.71. The highest BCUT2D eigenvalue weighted by Gasteiger charge is 2.23. The molecule has 0 fully saturated rings. The van der Waals surface area contributed by atoms with Gasteiger partial charge in [-0.1, -0.05) is 26.0 Å². The first-order chi connectivity index (χ1) is 10.9. The quantitative estimate of drug-likeness (QED) is 0.691. The van der Waals surface area contributed by atoms with Crippen molar-refractivity contribution in [2.45, 2.75) is 40.2 Å². The largest absolute Gasteiger partial charge is 0.484 e. The Balaban J connectivity index is 2.61. The van der Waals surface area contributed by atoms with Crippen molar-refractivity contribution in [3.63, 3.8) is 0 Å². The predicted octanol–water partition coefficient (Wildman–Crippen LogP) is 2.67. The summed E-state index contributed by atoms with van der Waals surface area (Å²) in [4.78, 5) is 25.6. The molecule has 1 unspecified atom stereocenters. The van der Waals surface area contributed by atoms with Gasteiger partial charge in [0.2, 0.25) is 0 Å². The average Bonchev–Trinajstić information content (AvgIpc) is 2.56. The van der Waals surface area contributed by atoms with E-state index in [9.17, 15) is 9.59 Å². The molecule has 0 radical (unpaired) electrons. The molecule has 0 aliphatic rings. The summed E-state index contributed by atoms with van der Waals surface area (Å²) in [6.45, 7) is 7.94. The lowest BCUT2D eigenvalue weighted by Gasteiger charge is -2.28. The first-order valence-electron chi connectivity index (χ1n) is 7.98. The zero-order valence-corrected chi connectivity index (χ0v) is 14.7. The molecule has 5 heteroatoms. The fraction of sp³-hybridized carbons (Fsp3) is 0.556. The van der Waals surface area contributed by atoms with Gasteiger partial charge in [0.05, 0.1) is 13.0 Å². The van der Waals surface area contributed by atoms with Gasteiger partial charge in [0.25, 0.3) is 5.91 Å². The molecule has 0 aliphatic carbocycles. The van der Waals surface area contributed by atoms with Gasteiger partial charge in [-0.2, -0.15) is 0 Å². The van der Waals surface area contributed by atoms with Crippen LogP contribution in [0.3, 0.4) is 0 Å². The zero-order valence-electron chi connectivity index (χ0n) is 14.7. The van der Waals surface area contributed by atoms with E-state index < -0.39 is 0 Å². The molecule has 0 aliphatic heterocycles. The van der Waals surface area contributed by atoms with Crippen molar-refractivity contribution in [1.29, 1.82) is 0 Å². The minimum atomic E-state index is -0.366. The van der Waals surface area contributed by atoms with Crippen LogP contribution in [-0.4, -0.2) is 43.1 Å². The van der Waals surface area contributed by atoms with Crippen molar-refractivity contribution in [1.82, 2.24) is 4.90 Å². The van der Waals surface area contributed by atoms with E-state index in [1.807, 2.05) is 38.1 Å². The number of carbonyl (C=O) groups excluding carboxylic acids is 2. The van der Waals surface area contributed by atoms with E-state index >= 15 is 0 Å². The van der Waals surface area contributed by atoms with Crippen molar-refractivity contribution in [2.75, 3.05) is 20.3 Å². The Morgan fingerprint density at radius 3 is 2.22 bits per heavy atom. The monoisotopic (exact) mass is 321 g/mol. The van der Waals surface area contributed by atoms with E-state index in [2.05, 4.69) is 6.92 Å². The Kier molecular flexibility index (Phi) is 7.59. The molecule has 0 saturated carbocycles. The summed E-state index contributed by atoms with van der Waals surface area (Å²) in [5, 5.41) is 0. The summed E-state index contributed by atoms with van der Waals surface area (Å²) in [5.41, 5.74) is 1.22. The Labute approximate surface area is 138 Å². The topological polar surface area (TPSA) is 55.8 Å². The lowest BCUT2D eigenvalue weighted by Crippen LogP contribution is -2.44. The minimum Gasteiger partial charge on any atom is -0.484 e. The Bertz CT molecular complexity index is 510. The maximum absolute atomic E-state index is 12.4. The summed E-state index contributed by atoms with van der Waals surface area (Å²) in [7, 11) is 1.35. The number of carbonyl (C=O) groups is 2. The van der Waals surface area contributed by atoms with Gasteiger partial charge in [-0.15, -0.1) is 0 Å². The summed E-state index contributed by atoms with van der Waals surface area (Å²) >= 11 is 0. The number of ether oxygens (including phenoxy) is 2. The number of methoxy groups -OCH3 is 1. The maximum Gasteiger partial charge on any atom is 0.310 e. The summed E-state index contributed by atoms with van der Waals surface area (Å²) in [5.74, 6) is -0.162. The first-order valence-corrected chi connectivity index (χ1v) is 7.98. The van der Waals surface area contributed by atoms with E-state index in [-0.39, 0.29) is 30.4 Å². The third-order valence-electron chi connectivity index (χ3n) is 3.71. The van der Waals surface area contributed by atoms with Crippen LogP contribution in [0.2, 0.25) is 0 Å². The summed E-state index contributed by atoms with van der Waals surface area (Å²) in [6.07, 6.45) is 0.964. The van der Waals surface area contributed by atoms with Crippen LogP contribution in [0.1, 0.15) is 33.3 Å². The molecule has 1 aromatic carbocycles. The standard InChI is InChI=1S/C18H27NO4/c1-6-15-7-9-16(10-8-15)23-12-17(20)19(13(2)3)11-14(4)18(21)22-5/h7-10,13-14H,6,11-12H2,1-5H3. The second kappa shape index (κ2) is 9.18. The van der Waals surface area contributed by atoms with Gasteiger partial charge in [0, 0.05) is 12.6 Å². The van der Waals surface area contributed by atoms with Crippen molar-refractivity contribution >= 4 is 11.9 Å². The number of benzene rings is 1. The fourth-order valence-electron chi connectivity index (χ4n) is 2.22. The molecule has 0 bridgehead atoms. The molecule has 1 aromatic rings. The second-order valence-electron chi connectivity index (χ2n) is 5.85. The van der Waals surface area contributed by atoms with Crippen molar-refractivity contribution in [3.05, 3.63) is 29.8 Å². The molecular formula is C18H27NO4.